The Morgan fingerprint density at radius 3 is 3.05 bits per heavy atom. The van der Waals surface area contributed by atoms with E-state index in [-0.39, 0.29) is 11.8 Å². The molecular formula is C15H18ClNO2S. The molecule has 0 aliphatic carbocycles. The van der Waals surface area contributed by atoms with Crippen LogP contribution in [0.3, 0.4) is 0 Å². The van der Waals surface area contributed by atoms with Gasteiger partial charge >= 0.3 is 0 Å². The van der Waals surface area contributed by atoms with E-state index < -0.39 is 0 Å². The third-order valence-electron chi connectivity index (χ3n) is 3.84. The molecule has 0 radical (unpaired) electrons. The first-order valence-corrected chi connectivity index (χ1v) is 8.26. The van der Waals surface area contributed by atoms with Crippen LogP contribution < -0.4 is 4.90 Å². The molecule has 1 saturated heterocycles. The van der Waals surface area contributed by atoms with Gasteiger partial charge in [0, 0.05) is 28.3 Å². The highest BCUT2D eigenvalue weighted by atomic mass is 35.5. The highest BCUT2D eigenvalue weighted by Crippen LogP contribution is 2.39. The van der Waals surface area contributed by atoms with Crippen molar-refractivity contribution in [2.24, 2.45) is 5.92 Å². The van der Waals surface area contributed by atoms with E-state index in [1.807, 2.05) is 34.9 Å². The van der Waals surface area contributed by atoms with Crippen molar-refractivity contribution < 1.29 is 9.53 Å². The lowest BCUT2D eigenvalue weighted by molar-refractivity contribution is -0.122. The Balaban J connectivity index is 1.94. The van der Waals surface area contributed by atoms with Gasteiger partial charge in [0.2, 0.25) is 5.91 Å². The predicted octanol–water partition coefficient (Wildman–Crippen LogP) is 3.59. The first-order valence-electron chi connectivity index (χ1n) is 7.00. The van der Waals surface area contributed by atoms with E-state index in [0.717, 1.165) is 30.0 Å². The largest absolute Gasteiger partial charge is 0.381 e. The molecule has 1 fully saturated rings. The van der Waals surface area contributed by atoms with E-state index in [1.165, 1.54) is 0 Å². The minimum atomic E-state index is 0.000220. The number of nitrogens with zero attached hydrogens (tertiary/aromatic N) is 1. The Labute approximate surface area is 128 Å². The van der Waals surface area contributed by atoms with Crippen LogP contribution in [0.1, 0.15) is 19.8 Å². The van der Waals surface area contributed by atoms with E-state index in [2.05, 4.69) is 6.92 Å². The van der Waals surface area contributed by atoms with Gasteiger partial charge in [0.1, 0.15) is 0 Å². The van der Waals surface area contributed by atoms with Gasteiger partial charge in [-0.25, -0.2) is 0 Å². The van der Waals surface area contributed by atoms with Crippen LogP contribution in [-0.2, 0) is 9.53 Å². The number of hydrogen-bond donors (Lipinski definition) is 0. The second kappa shape index (κ2) is 5.96. The molecule has 0 bridgehead atoms. The van der Waals surface area contributed by atoms with Crippen molar-refractivity contribution in [3.8, 4) is 0 Å². The summed E-state index contributed by atoms with van der Waals surface area (Å²) in [6, 6.07) is 5.83. The molecule has 0 N–H and O–H groups in total. The van der Waals surface area contributed by atoms with E-state index in [9.17, 15) is 4.79 Å². The van der Waals surface area contributed by atoms with Crippen LogP contribution in [0.15, 0.2) is 23.1 Å². The summed E-state index contributed by atoms with van der Waals surface area (Å²) in [5, 5.41) is 1.19. The van der Waals surface area contributed by atoms with Crippen LogP contribution in [0.4, 0.5) is 5.69 Å². The zero-order chi connectivity index (χ0) is 14.1. The maximum atomic E-state index is 12.7. The molecule has 20 heavy (non-hydrogen) atoms. The fraction of sp³-hybridized carbons (Fsp3) is 0.533. The Morgan fingerprint density at radius 1 is 1.45 bits per heavy atom. The van der Waals surface area contributed by atoms with Crippen LogP contribution in [-0.4, -0.2) is 30.9 Å². The molecule has 2 aliphatic heterocycles. The summed E-state index contributed by atoms with van der Waals surface area (Å²) in [7, 11) is 0. The van der Waals surface area contributed by atoms with Gasteiger partial charge in [-0.3, -0.25) is 4.79 Å². The smallest absolute Gasteiger partial charge is 0.232 e. The van der Waals surface area contributed by atoms with E-state index in [1.54, 1.807) is 0 Å². The van der Waals surface area contributed by atoms with Gasteiger partial charge in [-0.05, 0) is 31.0 Å². The molecule has 0 saturated carbocycles. The molecule has 5 heteroatoms. The Morgan fingerprint density at radius 2 is 2.30 bits per heavy atom. The Kier molecular flexibility index (Phi) is 4.24. The monoisotopic (exact) mass is 311 g/mol. The molecule has 0 aromatic heterocycles. The number of benzene rings is 1. The lowest BCUT2D eigenvalue weighted by atomic mass is 10.1. The van der Waals surface area contributed by atoms with Crippen molar-refractivity contribution in [1.82, 2.24) is 0 Å². The van der Waals surface area contributed by atoms with Crippen LogP contribution in [0.5, 0.6) is 0 Å². The molecule has 2 heterocycles. The van der Waals surface area contributed by atoms with Gasteiger partial charge in [0.05, 0.1) is 18.2 Å². The molecule has 1 amide bonds. The number of anilines is 1. The van der Waals surface area contributed by atoms with E-state index >= 15 is 0 Å². The molecule has 108 valence electrons. The van der Waals surface area contributed by atoms with Crippen LogP contribution in [0.2, 0.25) is 5.02 Å². The SMILES string of the molecule is C[C@@H]1CCN(C(=O)[C@H]2CCOC2)c2cc(Cl)ccc2S1. The van der Waals surface area contributed by atoms with Crippen molar-refractivity contribution >= 4 is 35.0 Å². The Hall–Kier alpha value is -0.710. The molecule has 3 rings (SSSR count). The quantitative estimate of drug-likeness (QED) is 0.793. The van der Waals surface area contributed by atoms with E-state index in [0.29, 0.717) is 23.5 Å². The van der Waals surface area contributed by atoms with Crippen LogP contribution in [0.25, 0.3) is 0 Å². The number of carbonyl (C=O) groups is 1. The third-order valence-corrected chi connectivity index (χ3v) is 5.32. The summed E-state index contributed by atoms with van der Waals surface area (Å²) in [4.78, 5) is 15.8. The summed E-state index contributed by atoms with van der Waals surface area (Å²) in [6.07, 6.45) is 1.82. The first kappa shape index (κ1) is 14.2. The maximum Gasteiger partial charge on any atom is 0.232 e. The summed E-state index contributed by atoms with van der Waals surface area (Å²) < 4.78 is 5.35. The number of rotatable bonds is 1. The number of fused-ring (bicyclic) bond motifs is 1. The average Bonchev–Trinajstić information content (AvgIpc) is 2.90. The van der Waals surface area contributed by atoms with Crippen LogP contribution in [0, 0.1) is 5.92 Å². The van der Waals surface area contributed by atoms with Gasteiger partial charge in [0.25, 0.3) is 0 Å². The highest BCUT2D eigenvalue weighted by Gasteiger charge is 2.31. The summed E-state index contributed by atoms with van der Waals surface area (Å²) in [5.41, 5.74) is 0.962. The van der Waals surface area contributed by atoms with Gasteiger partial charge in [-0.2, -0.15) is 0 Å². The standard InChI is InChI=1S/C15H18ClNO2S/c1-10-4-6-17(15(18)11-5-7-19-9-11)13-8-12(16)2-3-14(13)20-10/h2-3,8,10-11H,4-7,9H2,1H3/t10-,11+/m1/s1. The third kappa shape index (κ3) is 2.83. The average molecular weight is 312 g/mol. The molecule has 0 spiro atoms. The van der Waals surface area contributed by atoms with Gasteiger partial charge < -0.3 is 9.64 Å². The van der Waals surface area contributed by atoms with Crippen molar-refractivity contribution in [2.45, 2.75) is 29.9 Å². The fourth-order valence-corrected chi connectivity index (χ4v) is 3.95. The zero-order valence-electron chi connectivity index (χ0n) is 11.5. The number of amides is 1. The normalized spacial score (nSPS) is 26.2. The minimum Gasteiger partial charge on any atom is -0.381 e. The van der Waals surface area contributed by atoms with Crippen molar-refractivity contribution in [3.63, 3.8) is 0 Å². The molecule has 0 unspecified atom stereocenters. The molecule has 3 nitrogen and oxygen atoms in total. The van der Waals surface area contributed by atoms with Crippen molar-refractivity contribution in [3.05, 3.63) is 23.2 Å². The summed E-state index contributed by atoms with van der Waals surface area (Å²) in [5.74, 6) is 0.181. The second-order valence-corrected chi connectivity index (χ2v) is 7.30. The lowest BCUT2D eigenvalue weighted by Crippen LogP contribution is -2.37. The second-order valence-electron chi connectivity index (χ2n) is 5.38. The molecule has 2 atom stereocenters. The zero-order valence-corrected chi connectivity index (χ0v) is 13.0. The topological polar surface area (TPSA) is 29.5 Å². The lowest BCUT2D eigenvalue weighted by Gasteiger charge is -2.25. The Bertz CT molecular complexity index is 517. The number of halogens is 1. The number of hydrogen-bond acceptors (Lipinski definition) is 3. The first-order chi connectivity index (χ1) is 9.65. The van der Waals surface area contributed by atoms with Crippen molar-refractivity contribution in [1.29, 1.82) is 0 Å². The molecule has 1 aromatic rings. The van der Waals surface area contributed by atoms with Gasteiger partial charge in [-0.1, -0.05) is 18.5 Å². The number of ether oxygens (including phenoxy) is 1. The van der Waals surface area contributed by atoms with E-state index in [4.69, 9.17) is 16.3 Å². The number of carbonyl (C=O) groups excluding carboxylic acids is 1. The summed E-state index contributed by atoms with van der Waals surface area (Å²) >= 11 is 7.95. The highest BCUT2D eigenvalue weighted by molar-refractivity contribution is 8.00. The maximum absolute atomic E-state index is 12.7. The van der Waals surface area contributed by atoms with Gasteiger partial charge in [0.15, 0.2) is 0 Å². The molecular weight excluding hydrogens is 294 g/mol. The number of thioether (sulfide) groups is 1. The minimum absolute atomic E-state index is 0.000220. The van der Waals surface area contributed by atoms with Crippen molar-refractivity contribution in [2.75, 3.05) is 24.7 Å². The molecule has 1 aromatic carbocycles. The van der Waals surface area contributed by atoms with Gasteiger partial charge in [-0.15, -0.1) is 11.8 Å². The van der Waals surface area contributed by atoms with Crippen LogP contribution >= 0.6 is 23.4 Å². The summed E-state index contributed by atoms with van der Waals surface area (Å²) in [6.45, 7) is 4.21. The predicted molar refractivity (Wildman–Crippen MR) is 82.7 cm³/mol. The fourth-order valence-electron chi connectivity index (χ4n) is 2.69. The molecule has 2 aliphatic rings.